The number of ether oxygens (including phenoxy) is 2. The molecule has 1 aliphatic heterocycles. The molecule has 0 radical (unpaired) electrons. The summed E-state index contributed by atoms with van der Waals surface area (Å²) in [6.07, 6.45) is 3.36. The Morgan fingerprint density at radius 3 is 2.88 bits per heavy atom. The standard InChI is InChI=1S/C16H26N4O5/c1-19(2)8-5-3-4-6-13(22)17-12-7-9-20(16(23)18-12)14-11-24-15(10-21)25-14/h7,9,14-15,21H,3-6,8,10-11H2,1-2H3,(H,17,18,22,23)/t14?,15-/m0/s1. The number of hydrogen-bond acceptors (Lipinski definition) is 7. The molecule has 2 N–H and O–H groups in total. The molecule has 0 aromatic carbocycles. The van der Waals surface area contributed by atoms with Crippen molar-refractivity contribution in [2.45, 2.75) is 38.2 Å². The van der Waals surface area contributed by atoms with E-state index in [0.29, 0.717) is 6.42 Å². The van der Waals surface area contributed by atoms with Gasteiger partial charge in [0.05, 0.1) is 13.2 Å². The lowest BCUT2D eigenvalue weighted by Gasteiger charge is -2.13. The normalized spacial score (nSPS) is 20.2. The highest BCUT2D eigenvalue weighted by atomic mass is 16.7. The molecule has 9 nitrogen and oxygen atoms in total. The minimum Gasteiger partial charge on any atom is -0.391 e. The van der Waals surface area contributed by atoms with Gasteiger partial charge >= 0.3 is 5.69 Å². The average Bonchev–Trinajstić information content (AvgIpc) is 3.03. The van der Waals surface area contributed by atoms with E-state index in [2.05, 4.69) is 15.2 Å². The average molecular weight is 354 g/mol. The Balaban J connectivity index is 1.80. The Morgan fingerprint density at radius 2 is 2.24 bits per heavy atom. The van der Waals surface area contributed by atoms with Crippen molar-refractivity contribution in [3.8, 4) is 0 Å². The molecule has 1 fully saturated rings. The van der Waals surface area contributed by atoms with Crippen LogP contribution in [0, 0.1) is 0 Å². The van der Waals surface area contributed by atoms with Crippen molar-refractivity contribution in [2.75, 3.05) is 39.2 Å². The number of aliphatic hydroxyl groups excluding tert-OH is 1. The minimum atomic E-state index is -0.733. The predicted octanol–water partition coefficient (Wildman–Crippen LogP) is 0.168. The van der Waals surface area contributed by atoms with Gasteiger partial charge < -0.3 is 24.8 Å². The summed E-state index contributed by atoms with van der Waals surface area (Å²) in [7, 11) is 4.04. The third-order valence-electron chi connectivity index (χ3n) is 3.80. The molecule has 0 bridgehead atoms. The summed E-state index contributed by atoms with van der Waals surface area (Å²) >= 11 is 0. The molecule has 2 heterocycles. The number of rotatable bonds is 9. The molecule has 0 spiro atoms. The lowest BCUT2D eigenvalue weighted by Crippen LogP contribution is -2.29. The highest BCUT2D eigenvalue weighted by Gasteiger charge is 2.27. The second-order valence-electron chi connectivity index (χ2n) is 6.20. The summed E-state index contributed by atoms with van der Waals surface area (Å²) in [5, 5.41) is 11.6. The van der Waals surface area contributed by atoms with Crippen LogP contribution in [-0.2, 0) is 14.3 Å². The third-order valence-corrected chi connectivity index (χ3v) is 3.80. The fourth-order valence-electron chi connectivity index (χ4n) is 2.48. The smallest absolute Gasteiger partial charge is 0.351 e. The number of nitrogens with one attached hydrogen (secondary N) is 1. The molecule has 1 aliphatic rings. The number of hydrogen-bond donors (Lipinski definition) is 2. The molecule has 0 saturated carbocycles. The number of carbonyl (C=O) groups is 1. The molecule has 9 heteroatoms. The summed E-state index contributed by atoms with van der Waals surface area (Å²) in [4.78, 5) is 29.9. The maximum Gasteiger partial charge on any atom is 0.351 e. The van der Waals surface area contributed by atoms with Crippen molar-refractivity contribution < 1.29 is 19.4 Å². The van der Waals surface area contributed by atoms with E-state index in [1.807, 2.05) is 14.1 Å². The van der Waals surface area contributed by atoms with E-state index in [4.69, 9.17) is 14.6 Å². The van der Waals surface area contributed by atoms with E-state index >= 15 is 0 Å². The van der Waals surface area contributed by atoms with Crippen molar-refractivity contribution in [3.63, 3.8) is 0 Å². The molecule has 2 atom stereocenters. The first kappa shape index (κ1) is 19.5. The highest BCUT2D eigenvalue weighted by Crippen LogP contribution is 2.19. The fourth-order valence-corrected chi connectivity index (χ4v) is 2.48. The molecule has 1 amide bonds. The molecule has 1 unspecified atom stereocenters. The van der Waals surface area contributed by atoms with Gasteiger partial charge in [-0.25, -0.2) is 4.79 Å². The molecule has 140 valence electrons. The lowest BCUT2D eigenvalue weighted by molar-refractivity contribution is -0.116. The van der Waals surface area contributed by atoms with Gasteiger partial charge in [0, 0.05) is 12.6 Å². The Bertz CT molecular complexity index is 619. The van der Waals surface area contributed by atoms with E-state index in [1.165, 1.54) is 10.8 Å². The van der Waals surface area contributed by atoms with Crippen LogP contribution in [0.1, 0.15) is 31.9 Å². The number of anilines is 1. The summed E-state index contributed by atoms with van der Waals surface area (Å²) in [6.45, 7) is 0.887. The van der Waals surface area contributed by atoms with Crippen LogP contribution >= 0.6 is 0 Å². The summed E-state index contributed by atoms with van der Waals surface area (Å²) in [5.74, 6) is 0.0625. The quantitative estimate of drug-likeness (QED) is 0.609. The van der Waals surface area contributed by atoms with E-state index in [1.54, 1.807) is 6.07 Å². The van der Waals surface area contributed by atoms with Gasteiger partial charge in [0.25, 0.3) is 0 Å². The highest BCUT2D eigenvalue weighted by molar-refractivity contribution is 5.89. The summed E-state index contributed by atoms with van der Waals surface area (Å²) in [5.41, 5.74) is -0.545. The maximum absolute atomic E-state index is 12.1. The van der Waals surface area contributed by atoms with Crippen LogP contribution in [0.4, 0.5) is 5.82 Å². The zero-order valence-corrected chi connectivity index (χ0v) is 14.7. The number of aliphatic hydroxyl groups is 1. The zero-order valence-electron chi connectivity index (χ0n) is 14.7. The van der Waals surface area contributed by atoms with Crippen molar-refractivity contribution in [3.05, 3.63) is 22.7 Å². The molecular weight excluding hydrogens is 328 g/mol. The Labute approximate surface area is 146 Å². The first-order valence-electron chi connectivity index (χ1n) is 8.41. The topological polar surface area (TPSA) is 106 Å². The molecule has 1 aromatic heterocycles. The second-order valence-corrected chi connectivity index (χ2v) is 6.20. The largest absolute Gasteiger partial charge is 0.391 e. The van der Waals surface area contributed by atoms with Crippen LogP contribution in [0.25, 0.3) is 0 Å². The summed E-state index contributed by atoms with van der Waals surface area (Å²) in [6, 6.07) is 1.54. The van der Waals surface area contributed by atoms with Gasteiger partial charge in [-0.2, -0.15) is 4.98 Å². The van der Waals surface area contributed by atoms with Crippen LogP contribution in [0.5, 0.6) is 0 Å². The molecule has 0 aliphatic carbocycles. The Hall–Kier alpha value is -1.81. The van der Waals surface area contributed by atoms with Crippen LogP contribution < -0.4 is 11.0 Å². The van der Waals surface area contributed by atoms with E-state index in [-0.39, 0.29) is 24.9 Å². The first-order valence-corrected chi connectivity index (χ1v) is 8.41. The van der Waals surface area contributed by atoms with Crippen LogP contribution in [-0.4, -0.2) is 65.6 Å². The minimum absolute atomic E-state index is 0.157. The van der Waals surface area contributed by atoms with Crippen molar-refractivity contribution >= 4 is 11.7 Å². The number of aromatic nitrogens is 2. The van der Waals surface area contributed by atoms with Gasteiger partial charge in [0.15, 0.2) is 12.5 Å². The monoisotopic (exact) mass is 354 g/mol. The molecule has 1 saturated heterocycles. The SMILES string of the molecule is CN(C)CCCCCC(=O)Nc1ccn(C2CO[C@H](CO)O2)c(=O)n1. The third kappa shape index (κ3) is 6.20. The maximum atomic E-state index is 12.1. The zero-order chi connectivity index (χ0) is 18.2. The summed E-state index contributed by atoms with van der Waals surface area (Å²) < 4.78 is 11.8. The van der Waals surface area contributed by atoms with Crippen LogP contribution in [0.2, 0.25) is 0 Å². The molecule has 2 rings (SSSR count). The van der Waals surface area contributed by atoms with Crippen molar-refractivity contribution in [1.82, 2.24) is 14.5 Å². The van der Waals surface area contributed by atoms with E-state index < -0.39 is 18.2 Å². The van der Waals surface area contributed by atoms with Crippen LogP contribution in [0.15, 0.2) is 17.1 Å². The van der Waals surface area contributed by atoms with Gasteiger partial charge in [-0.15, -0.1) is 0 Å². The number of nitrogens with zero attached hydrogens (tertiary/aromatic N) is 3. The van der Waals surface area contributed by atoms with E-state index in [0.717, 1.165) is 25.8 Å². The van der Waals surface area contributed by atoms with Crippen molar-refractivity contribution in [1.29, 1.82) is 0 Å². The Kier molecular flexibility index (Phi) is 7.51. The number of amides is 1. The molecule has 1 aromatic rings. The van der Waals surface area contributed by atoms with Gasteiger partial charge in [-0.1, -0.05) is 6.42 Å². The predicted molar refractivity (Wildman–Crippen MR) is 91.1 cm³/mol. The van der Waals surface area contributed by atoms with Gasteiger partial charge in [-0.3, -0.25) is 9.36 Å². The van der Waals surface area contributed by atoms with Gasteiger partial charge in [-0.05, 0) is 39.5 Å². The second kappa shape index (κ2) is 9.62. The van der Waals surface area contributed by atoms with Crippen LogP contribution in [0.3, 0.4) is 0 Å². The first-order chi connectivity index (χ1) is 12.0. The van der Waals surface area contributed by atoms with Gasteiger partial charge in [0.1, 0.15) is 5.82 Å². The Morgan fingerprint density at radius 1 is 1.44 bits per heavy atom. The van der Waals surface area contributed by atoms with Crippen molar-refractivity contribution in [2.24, 2.45) is 0 Å². The molecular formula is C16H26N4O5. The van der Waals surface area contributed by atoms with E-state index in [9.17, 15) is 9.59 Å². The van der Waals surface area contributed by atoms with Gasteiger partial charge in [0.2, 0.25) is 5.91 Å². The number of unbranched alkanes of at least 4 members (excludes halogenated alkanes) is 2. The fraction of sp³-hybridized carbons (Fsp3) is 0.688. The molecule has 25 heavy (non-hydrogen) atoms. The number of carbonyl (C=O) groups excluding carboxylic acids is 1. The lowest BCUT2D eigenvalue weighted by atomic mass is 10.2.